The fourth-order valence-corrected chi connectivity index (χ4v) is 3.48. The van der Waals surface area contributed by atoms with E-state index in [0.717, 1.165) is 13.1 Å². The molecule has 2 nitrogen and oxygen atoms in total. The lowest BCUT2D eigenvalue weighted by Gasteiger charge is -2.21. The molecule has 0 fully saturated rings. The summed E-state index contributed by atoms with van der Waals surface area (Å²) in [6.45, 7) is 10.8. The van der Waals surface area contributed by atoms with Gasteiger partial charge in [-0.15, -0.1) is 0 Å². The van der Waals surface area contributed by atoms with Crippen molar-refractivity contribution in [3.63, 3.8) is 0 Å². The van der Waals surface area contributed by atoms with Crippen molar-refractivity contribution in [1.29, 1.82) is 0 Å². The summed E-state index contributed by atoms with van der Waals surface area (Å²) in [7, 11) is 0. The lowest BCUT2D eigenvalue weighted by Crippen LogP contribution is -2.11. The number of rotatable bonds is 7. The highest BCUT2D eigenvalue weighted by atomic mass is 15.0. The van der Waals surface area contributed by atoms with E-state index in [2.05, 4.69) is 104 Å². The van der Waals surface area contributed by atoms with E-state index < -0.39 is 0 Å². The Hall–Kier alpha value is -2.48. The molecule has 0 aliphatic carbocycles. The van der Waals surface area contributed by atoms with Crippen molar-refractivity contribution in [3.8, 4) is 0 Å². The molecule has 0 saturated carbocycles. The summed E-state index contributed by atoms with van der Waals surface area (Å²) >= 11 is 0. The van der Waals surface area contributed by atoms with Crippen LogP contribution in [-0.2, 0) is 13.1 Å². The van der Waals surface area contributed by atoms with Crippen molar-refractivity contribution in [2.75, 3.05) is 5.32 Å². The largest absolute Gasteiger partial charge is 0.379 e. The van der Waals surface area contributed by atoms with Gasteiger partial charge in [-0.25, -0.2) is 0 Å². The van der Waals surface area contributed by atoms with Crippen molar-refractivity contribution in [1.82, 2.24) is 4.57 Å². The van der Waals surface area contributed by atoms with Gasteiger partial charge in [0, 0.05) is 24.1 Å². The number of nitrogens with zero attached hydrogens (tertiary/aromatic N) is 1. The second-order valence-electron chi connectivity index (χ2n) is 7.59. The number of para-hydroxylation sites is 1. The van der Waals surface area contributed by atoms with E-state index in [1.807, 2.05) is 0 Å². The van der Waals surface area contributed by atoms with Crippen LogP contribution in [0, 0.1) is 0 Å². The molecule has 0 unspecified atom stereocenters. The maximum absolute atomic E-state index is 3.75. The Bertz CT molecular complexity index is 802. The van der Waals surface area contributed by atoms with Gasteiger partial charge in [-0.1, -0.05) is 76.2 Å². The molecule has 1 aromatic heterocycles. The van der Waals surface area contributed by atoms with E-state index in [1.54, 1.807) is 0 Å². The van der Waals surface area contributed by atoms with Gasteiger partial charge in [0.05, 0.1) is 6.54 Å². The number of anilines is 1. The van der Waals surface area contributed by atoms with Crippen LogP contribution in [0.15, 0.2) is 66.9 Å². The third kappa shape index (κ3) is 4.19. The van der Waals surface area contributed by atoms with Gasteiger partial charge in [0.15, 0.2) is 0 Å². The molecule has 3 rings (SSSR count). The minimum Gasteiger partial charge on any atom is -0.379 e. The molecule has 0 spiro atoms. The molecule has 0 atom stereocenters. The van der Waals surface area contributed by atoms with Crippen molar-refractivity contribution >= 4 is 5.69 Å². The molecular weight excluding hydrogens is 316 g/mol. The zero-order chi connectivity index (χ0) is 18.5. The summed E-state index contributed by atoms with van der Waals surface area (Å²) in [6.07, 6.45) is 2.17. The average molecular weight is 347 g/mol. The summed E-state index contributed by atoms with van der Waals surface area (Å²) in [6, 6.07) is 21.7. The van der Waals surface area contributed by atoms with Crippen LogP contribution in [-0.4, -0.2) is 4.57 Å². The van der Waals surface area contributed by atoms with Crippen LogP contribution in [0.1, 0.15) is 61.9 Å². The third-order valence-electron chi connectivity index (χ3n) is 4.94. The number of hydrogen-bond acceptors (Lipinski definition) is 1. The first-order chi connectivity index (χ1) is 12.6. The van der Waals surface area contributed by atoms with Crippen molar-refractivity contribution < 1.29 is 0 Å². The first-order valence-corrected chi connectivity index (χ1v) is 9.61. The van der Waals surface area contributed by atoms with Crippen LogP contribution < -0.4 is 5.32 Å². The van der Waals surface area contributed by atoms with Gasteiger partial charge < -0.3 is 9.88 Å². The molecule has 26 heavy (non-hydrogen) atoms. The maximum atomic E-state index is 3.75. The molecule has 1 N–H and O–H groups in total. The molecule has 136 valence electrons. The predicted molar refractivity (Wildman–Crippen MR) is 112 cm³/mol. The van der Waals surface area contributed by atoms with Gasteiger partial charge in [-0.3, -0.25) is 0 Å². The van der Waals surface area contributed by atoms with E-state index in [1.165, 1.54) is 28.1 Å². The predicted octanol–water partition coefficient (Wildman–Crippen LogP) is 6.40. The van der Waals surface area contributed by atoms with E-state index in [9.17, 15) is 0 Å². The fraction of sp³-hybridized carbons (Fsp3) is 0.333. The number of benzene rings is 2. The number of nitrogens with one attached hydrogen (secondary N) is 1. The van der Waals surface area contributed by atoms with Gasteiger partial charge in [-0.05, 0) is 40.7 Å². The maximum Gasteiger partial charge on any atom is 0.0553 e. The van der Waals surface area contributed by atoms with Gasteiger partial charge in [0.1, 0.15) is 0 Å². The number of hydrogen-bond donors (Lipinski definition) is 1. The van der Waals surface area contributed by atoms with Crippen LogP contribution in [0.3, 0.4) is 0 Å². The van der Waals surface area contributed by atoms with Crippen molar-refractivity contribution in [2.24, 2.45) is 0 Å². The Balaban J connectivity index is 1.81. The molecule has 3 aromatic rings. The quantitative estimate of drug-likeness (QED) is 0.524. The summed E-state index contributed by atoms with van der Waals surface area (Å²) < 4.78 is 2.33. The first-order valence-electron chi connectivity index (χ1n) is 9.61. The standard InChI is InChI=1S/C24H30N2/c1-18(2)22-13-8-14-23(19(3)4)24(22)25-16-21-12-9-15-26(21)17-20-10-6-5-7-11-20/h5-15,18-19,25H,16-17H2,1-4H3. The van der Waals surface area contributed by atoms with Gasteiger partial charge >= 0.3 is 0 Å². The molecule has 0 aliphatic heterocycles. The normalized spacial score (nSPS) is 11.3. The SMILES string of the molecule is CC(C)c1cccc(C(C)C)c1NCc1cccn1Cc1ccccc1. The van der Waals surface area contributed by atoms with E-state index in [4.69, 9.17) is 0 Å². The Kier molecular flexibility index (Phi) is 5.82. The highest BCUT2D eigenvalue weighted by Crippen LogP contribution is 2.32. The molecule has 0 radical (unpaired) electrons. The zero-order valence-corrected chi connectivity index (χ0v) is 16.4. The van der Waals surface area contributed by atoms with Gasteiger partial charge in [0.2, 0.25) is 0 Å². The van der Waals surface area contributed by atoms with E-state index >= 15 is 0 Å². The lowest BCUT2D eigenvalue weighted by atomic mass is 9.92. The molecule has 1 heterocycles. The summed E-state index contributed by atoms with van der Waals surface area (Å²) in [4.78, 5) is 0. The molecule has 2 heteroatoms. The smallest absolute Gasteiger partial charge is 0.0553 e. The molecule has 0 saturated heterocycles. The molecule has 2 aromatic carbocycles. The zero-order valence-electron chi connectivity index (χ0n) is 16.4. The topological polar surface area (TPSA) is 17.0 Å². The Morgan fingerprint density at radius 2 is 1.42 bits per heavy atom. The molecular formula is C24H30N2. The minimum absolute atomic E-state index is 0.507. The highest BCUT2D eigenvalue weighted by Gasteiger charge is 2.14. The van der Waals surface area contributed by atoms with Crippen LogP contribution in [0.5, 0.6) is 0 Å². The summed E-state index contributed by atoms with van der Waals surface area (Å²) in [5.74, 6) is 1.01. The molecule has 0 bridgehead atoms. The summed E-state index contributed by atoms with van der Waals surface area (Å²) in [5, 5.41) is 3.75. The van der Waals surface area contributed by atoms with Crippen molar-refractivity contribution in [3.05, 3.63) is 89.2 Å². The Morgan fingerprint density at radius 1 is 0.769 bits per heavy atom. The van der Waals surface area contributed by atoms with Gasteiger partial charge in [0.25, 0.3) is 0 Å². The van der Waals surface area contributed by atoms with E-state index in [-0.39, 0.29) is 0 Å². The highest BCUT2D eigenvalue weighted by molar-refractivity contribution is 5.60. The fourth-order valence-electron chi connectivity index (χ4n) is 3.48. The van der Waals surface area contributed by atoms with Crippen LogP contribution in [0.25, 0.3) is 0 Å². The second-order valence-corrected chi connectivity index (χ2v) is 7.59. The monoisotopic (exact) mass is 346 g/mol. The van der Waals surface area contributed by atoms with Gasteiger partial charge in [-0.2, -0.15) is 0 Å². The first kappa shape index (κ1) is 18.3. The Labute approximate surface area is 157 Å². The van der Waals surface area contributed by atoms with Crippen LogP contribution >= 0.6 is 0 Å². The average Bonchev–Trinajstić information content (AvgIpc) is 3.07. The number of aromatic nitrogens is 1. The second kappa shape index (κ2) is 8.27. The summed E-state index contributed by atoms with van der Waals surface area (Å²) in [5.41, 5.74) is 6.75. The van der Waals surface area contributed by atoms with E-state index in [0.29, 0.717) is 11.8 Å². The van der Waals surface area contributed by atoms with Crippen LogP contribution in [0.2, 0.25) is 0 Å². The molecule has 0 aliphatic rings. The Morgan fingerprint density at radius 3 is 2.04 bits per heavy atom. The van der Waals surface area contributed by atoms with Crippen molar-refractivity contribution in [2.45, 2.75) is 52.6 Å². The third-order valence-corrected chi connectivity index (χ3v) is 4.94. The minimum atomic E-state index is 0.507. The molecule has 0 amide bonds. The van der Waals surface area contributed by atoms with Crippen LogP contribution in [0.4, 0.5) is 5.69 Å². The lowest BCUT2D eigenvalue weighted by molar-refractivity contribution is 0.751.